The molecule has 1 fully saturated rings. The zero-order valence-electron chi connectivity index (χ0n) is 15.0. The van der Waals surface area contributed by atoms with E-state index in [4.69, 9.17) is 4.74 Å². The average Bonchev–Trinajstić information content (AvgIpc) is 3.33. The summed E-state index contributed by atoms with van der Waals surface area (Å²) in [5.74, 6) is 3.74. The first-order chi connectivity index (χ1) is 12.7. The molecule has 1 atom stereocenters. The van der Waals surface area contributed by atoms with Gasteiger partial charge in [-0.15, -0.1) is 10.2 Å². The minimum Gasteiger partial charge on any atom is -0.481 e. The molecule has 136 valence electrons. The van der Waals surface area contributed by atoms with Gasteiger partial charge in [-0.05, 0) is 12.8 Å². The smallest absolute Gasteiger partial charge is 0.218 e. The Labute approximate surface area is 151 Å². The minimum atomic E-state index is 0.318. The Balaban J connectivity index is 1.52. The van der Waals surface area contributed by atoms with Crippen molar-refractivity contribution in [1.29, 1.82) is 0 Å². The van der Waals surface area contributed by atoms with E-state index in [9.17, 15) is 0 Å². The maximum atomic E-state index is 5.22. The van der Waals surface area contributed by atoms with Crippen molar-refractivity contribution in [3.8, 4) is 5.88 Å². The lowest BCUT2D eigenvalue weighted by Gasteiger charge is -2.33. The summed E-state index contributed by atoms with van der Waals surface area (Å²) in [4.78, 5) is 14.8. The Hall–Kier alpha value is -2.97. The van der Waals surface area contributed by atoms with Gasteiger partial charge in [-0.1, -0.05) is 0 Å². The Morgan fingerprint density at radius 2 is 2.19 bits per heavy atom. The molecule has 0 saturated carbocycles. The topological polar surface area (TPSA) is 86.8 Å². The van der Waals surface area contributed by atoms with Crippen LogP contribution in [-0.2, 0) is 13.6 Å². The second-order valence-electron chi connectivity index (χ2n) is 6.47. The van der Waals surface area contributed by atoms with Gasteiger partial charge in [0.2, 0.25) is 5.88 Å². The molecule has 0 N–H and O–H groups in total. The number of piperidine rings is 1. The summed E-state index contributed by atoms with van der Waals surface area (Å²) >= 11 is 0. The number of hydrogen-bond acceptors (Lipinski definition) is 7. The summed E-state index contributed by atoms with van der Waals surface area (Å²) < 4.78 is 9.32. The SMILES string of the molecule is COc1cc(N2CCCC(c3nnc(Cn4ccnc4)n3C)C2)ncn1. The van der Waals surface area contributed by atoms with Crippen LogP contribution in [0.15, 0.2) is 31.1 Å². The van der Waals surface area contributed by atoms with Gasteiger partial charge in [0.05, 0.1) is 20.0 Å². The van der Waals surface area contributed by atoms with Crippen LogP contribution < -0.4 is 9.64 Å². The molecule has 9 nitrogen and oxygen atoms in total. The normalized spacial score (nSPS) is 17.5. The highest BCUT2D eigenvalue weighted by atomic mass is 16.5. The highest BCUT2D eigenvalue weighted by Crippen LogP contribution is 2.29. The molecule has 0 amide bonds. The Morgan fingerprint density at radius 1 is 1.27 bits per heavy atom. The molecule has 0 radical (unpaired) electrons. The molecule has 0 spiro atoms. The molecule has 1 aliphatic heterocycles. The molecule has 9 heteroatoms. The zero-order chi connectivity index (χ0) is 17.9. The van der Waals surface area contributed by atoms with Gasteiger partial charge in [0.25, 0.3) is 0 Å². The van der Waals surface area contributed by atoms with Gasteiger partial charge >= 0.3 is 0 Å². The van der Waals surface area contributed by atoms with Crippen LogP contribution in [0.3, 0.4) is 0 Å². The van der Waals surface area contributed by atoms with Crippen LogP contribution in [0.4, 0.5) is 5.82 Å². The summed E-state index contributed by atoms with van der Waals surface area (Å²) in [6.07, 6.45) is 9.21. The van der Waals surface area contributed by atoms with Crippen LogP contribution in [0.5, 0.6) is 5.88 Å². The monoisotopic (exact) mass is 354 g/mol. The van der Waals surface area contributed by atoms with Crippen molar-refractivity contribution in [3.63, 3.8) is 0 Å². The number of nitrogens with zero attached hydrogens (tertiary/aromatic N) is 8. The molecule has 1 aliphatic rings. The molecule has 1 saturated heterocycles. The minimum absolute atomic E-state index is 0.318. The van der Waals surface area contributed by atoms with Crippen molar-refractivity contribution >= 4 is 5.82 Å². The number of hydrogen-bond donors (Lipinski definition) is 0. The predicted molar refractivity (Wildman–Crippen MR) is 95.1 cm³/mol. The fourth-order valence-electron chi connectivity index (χ4n) is 3.42. The summed E-state index contributed by atoms with van der Waals surface area (Å²) in [5, 5.41) is 8.87. The van der Waals surface area contributed by atoms with Crippen LogP contribution in [0, 0.1) is 0 Å². The van der Waals surface area contributed by atoms with Gasteiger partial charge in [-0.25, -0.2) is 15.0 Å². The van der Waals surface area contributed by atoms with Gasteiger partial charge in [0.1, 0.15) is 18.0 Å². The number of aromatic nitrogens is 7. The van der Waals surface area contributed by atoms with Crippen LogP contribution in [0.25, 0.3) is 0 Å². The van der Waals surface area contributed by atoms with Crippen molar-refractivity contribution in [2.75, 3.05) is 25.1 Å². The second kappa shape index (κ2) is 7.11. The van der Waals surface area contributed by atoms with E-state index in [1.165, 1.54) is 0 Å². The van der Waals surface area contributed by atoms with Crippen molar-refractivity contribution in [3.05, 3.63) is 42.8 Å². The van der Waals surface area contributed by atoms with E-state index < -0.39 is 0 Å². The second-order valence-corrected chi connectivity index (χ2v) is 6.47. The third-order valence-corrected chi connectivity index (χ3v) is 4.83. The van der Waals surface area contributed by atoms with Gasteiger partial charge < -0.3 is 18.8 Å². The highest BCUT2D eigenvalue weighted by molar-refractivity contribution is 5.41. The largest absolute Gasteiger partial charge is 0.481 e. The first-order valence-electron chi connectivity index (χ1n) is 8.69. The van der Waals surface area contributed by atoms with E-state index in [-0.39, 0.29) is 0 Å². The van der Waals surface area contributed by atoms with Gasteiger partial charge in [0.15, 0.2) is 5.82 Å². The zero-order valence-corrected chi connectivity index (χ0v) is 15.0. The van der Waals surface area contributed by atoms with Crippen molar-refractivity contribution in [1.82, 2.24) is 34.3 Å². The molecule has 1 unspecified atom stereocenters. The molecule has 0 bridgehead atoms. The maximum Gasteiger partial charge on any atom is 0.218 e. The van der Waals surface area contributed by atoms with E-state index in [0.29, 0.717) is 18.3 Å². The Bertz CT molecular complexity index is 860. The molecular weight excluding hydrogens is 332 g/mol. The van der Waals surface area contributed by atoms with Crippen LogP contribution in [0.1, 0.15) is 30.4 Å². The lowest BCUT2D eigenvalue weighted by atomic mass is 9.97. The van der Waals surface area contributed by atoms with E-state index >= 15 is 0 Å². The summed E-state index contributed by atoms with van der Waals surface area (Å²) in [7, 11) is 3.65. The van der Waals surface area contributed by atoms with E-state index in [1.54, 1.807) is 26.0 Å². The molecule has 0 aromatic carbocycles. The van der Waals surface area contributed by atoms with Gasteiger partial charge in [0, 0.05) is 44.5 Å². The standard InChI is InChI=1S/C17H22N8O/c1-23-15(10-24-7-5-18-12-24)21-22-17(23)13-4-3-6-25(9-13)14-8-16(26-2)20-11-19-14/h5,7-8,11-13H,3-4,6,9-10H2,1-2H3. The van der Waals surface area contributed by atoms with Crippen LogP contribution in [-0.4, -0.2) is 54.5 Å². The average molecular weight is 354 g/mol. The maximum absolute atomic E-state index is 5.22. The quantitative estimate of drug-likeness (QED) is 0.681. The number of ether oxygens (including phenoxy) is 1. The Kier molecular flexibility index (Phi) is 4.51. The third kappa shape index (κ3) is 3.24. The lowest BCUT2D eigenvalue weighted by molar-refractivity contribution is 0.396. The first kappa shape index (κ1) is 16.5. The van der Waals surface area contributed by atoms with Crippen molar-refractivity contribution in [2.45, 2.75) is 25.3 Å². The number of methoxy groups -OCH3 is 1. The number of imidazole rings is 1. The third-order valence-electron chi connectivity index (χ3n) is 4.83. The molecular formula is C17H22N8O. The summed E-state index contributed by atoms with van der Waals surface area (Å²) in [6.45, 7) is 2.50. The number of anilines is 1. The van der Waals surface area contributed by atoms with Crippen molar-refractivity contribution < 1.29 is 4.74 Å². The van der Waals surface area contributed by atoms with Crippen LogP contribution >= 0.6 is 0 Å². The molecule has 3 aromatic heterocycles. The Morgan fingerprint density at radius 3 is 3.00 bits per heavy atom. The number of rotatable bonds is 5. The highest BCUT2D eigenvalue weighted by Gasteiger charge is 2.27. The van der Waals surface area contributed by atoms with Crippen LogP contribution in [0.2, 0.25) is 0 Å². The summed E-state index contributed by atoms with van der Waals surface area (Å²) in [5.41, 5.74) is 0. The van der Waals surface area contributed by atoms with E-state index in [0.717, 1.165) is 43.4 Å². The molecule has 4 heterocycles. The van der Waals surface area contributed by atoms with Crippen molar-refractivity contribution in [2.24, 2.45) is 7.05 Å². The molecule has 26 heavy (non-hydrogen) atoms. The first-order valence-corrected chi connectivity index (χ1v) is 8.69. The summed E-state index contributed by atoms with van der Waals surface area (Å²) in [6, 6.07) is 1.88. The fraction of sp³-hybridized carbons (Fsp3) is 0.471. The molecule has 4 rings (SSSR count). The predicted octanol–water partition coefficient (Wildman–Crippen LogP) is 1.24. The fourth-order valence-corrected chi connectivity index (χ4v) is 3.42. The lowest BCUT2D eigenvalue weighted by Crippen LogP contribution is -2.36. The van der Waals surface area contributed by atoms with Gasteiger partial charge in [-0.3, -0.25) is 0 Å². The van der Waals surface area contributed by atoms with E-state index in [1.807, 2.05) is 23.9 Å². The van der Waals surface area contributed by atoms with E-state index in [2.05, 4.69) is 34.6 Å². The van der Waals surface area contributed by atoms with Gasteiger partial charge in [-0.2, -0.15) is 0 Å². The molecule has 0 aliphatic carbocycles. The molecule has 3 aromatic rings.